The first kappa shape index (κ1) is 22.5. The van der Waals surface area contributed by atoms with Crippen LogP contribution in [0.3, 0.4) is 0 Å². The molecule has 1 aromatic heterocycles. The van der Waals surface area contributed by atoms with E-state index in [1.54, 1.807) is 0 Å². The van der Waals surface area contributed by atoms with Crippen molar-refractivity contribution in [1.82, 2.24) is 0 Å². The van der Waals surface area contributed by atoms with Crippen LogP contribution in [0.1, 0.15) is 22.5 Å². The number of hydrogen-bond donors (Lipinski definition) is 1. The Labute approximate surface area is 184 Å². The quantitative estimate of drug-likeness (QED) is 0.355. The molecular formula is C22H19BrF3O3S+. The maximum absolute atomic E-state index is 12.6. The van der Waals surface area contributed by atoms with Gasteiger partial charge in [-0.05, 0) is 55.3 Å². The summed E-state index contributed by atoms with van der Waals surface area (Å²) in [4.78, 5) is 13.3. The van der Waals surface area contributed by atoms with Crippen LogP contribution in [0.5, 0.6) is 5.75 Å². The highest BCUT2D eigenvalue weighted by atomic mass is 79.9. The van der Waals surface area contributed by atoms with Crippen LogP contribution in [-0.4, -0.2) is 10.9 Å². The third-order valence-corrected chi connectivity index (χ3v) is 6.25. The number of halogens is 4. The smallest absolute Gasteiger partial charge is 0.416 e. The molecule has 0 bridgehead atoms. The Morgan fingerprint density at radius 2 is 1.73 bits per heavy atom. The molecule has 0 saturated heterocycles. The molecule has 3 rings (SSSR count). The summed E-state index contributed by atoms with van der Waals surface area (Å²) in [6, 6.07) is 10.1. The van der Waals surface area contributed by atoms with Crippen molar-refractivity contribution in [2.24, 2.45) is 0 Å². The molecule has 0 fully saturated rings. The molecule has 0 spiro atoms. The van der Waals surface area contributed by atoms with Crippen LogP contribution >= 0.6 is 15.9 Å². The van der Waals surface area contributed by atoms with E-state index in [1.165, 1.54) is 18.2 Å². The van der Waals surface area contributed by atoms with Gasteiger partial charge in [-0.15, -0.1) is 0 Å². The normalized spacial score (nSPS) is 11.7. The summed E-state index contributed by atoms with van der Waals surface area (Å²) in [6.45, 7) is 3.78. The zero-order valence-corrected chi connectivity index (χ0v) is 18.7. The maximum atomic E-state index is 12.6. The van der Waals surface area contributed by atoms with E-state index >= 15 is 0 Å². The molecule has 2 aromatic carbocycles. The van der Waals surface area contributed by atoms with Crippen LogP contribution in [-0.2, 0) is 24.4 Å². The molecule has 8 heteroatoms. The van der Waals surface area contributed by atoms with Gasteiger partial charge in [0.05, 0.1) is 12.0 Å². The Morgan fingerprint density at radius 3 is 2.30 bits per heavy atom. The second-order valence-corrected chi connectivity index (χ2v) is 9.01. The van der Waals surface area contributed by atoms with E-state index in [-0.39, 0.29) is 11.3 Å². The second-order valence-electron chi connectivity index (χ2n) is 6.88. The van der Waals surface area contributed by atoms with Crippen molar-refractivity contribution < 1.29 is 22.7 Å². The van der Waals surface area contributed by atoms with Crippen molar-refractivity contribution in [3.63, 3.8) is 0 Å². The van der Waals surface area contributed by atoms with Gasteiger partial charge in [0.1, 0.15) is 22.8 Å². The van der Waals surface area contributed by atoms with Gasteiger partial charge in [-0.1, -0.05) is 22.0 Å². The van der Waals surface area contributed by atoms with Gasteiger partial charge in [-0.2, -0.15) is 13.2 Å². The fraction of sp³-hybridized carbons (Fsp3) is 0.227. The molecule has 0 aliphatic rings. The summed E-state index contributed by atoms with van der Waals surface area (Å²) in [6.07, 6.45) is -4.00. The van der Waals surface area contributed by atoms with Crippen LogP contribution in [0.2, 0.25) is 0 Å². The van der Waals surface area contributed by atoms with Crippen molar-refractivity contribution >= 4 is 27.7 Å². The van der Waals surface area contributed by atoms with Crippen molar-refractivity contribution in [3.8, 4) is 16.9 Å². The third kappa shape index (κ3) is 5.10. The number of alkyl halides is 3. The van der Waals surface area contributed by atoms with Gasteiger partial charge < -0.3 is 9.52 Å². The summed E-state index contributed by atoms with van der Waals surface area (Å²) in [5.41, 5.74) is 1.21. The van der Waals surface area contributed by atoms with E-state index in [2.05, 4.69) is 15.9 Å². The van der Waals surface area contributed by atoms with Gasteiger partial charge in [0, 0.05) is 27.9 Å². The lowest BCUT2D eigenvalue weighted by molar-refractivity contribution is -0.137. The van der Waals surface area contributed by atoms with E-state index in [0.717, 1.165) is 39.9 Å². The molecule has 0 unspecified atom stereocenters. The number of aryl methyl sites for hydroxylation is 3. The minimum absolute atomic E-state index is 0.100. The largest absolute Gasteiger partial charge is 0.507 e. The van der Waals surface area contributed by atoms with Crippen molar-refractivity contribution in [1.29, 1.82) is 0 Å². The molecule has 0 radical (unpaired) electrons. The molecule has 3 nitrogen and oxygen atoms in total. The Balaban J connectivity index is 1.74. The number of hydrogen-bond acceptors (Lipinski definition) is 3. The van der Waals surface area contributed by atoms with Gasteiger partial charge >= 0.3 is 11.8 Å². The minimum Gasteiger partial charge on any atom is -0.507 e. The Kier molecular flexibility index (Phi) is 6.67. The van der Waals surface area contributed by atoms with Crippen LogP contribution in [0.15, 0.2) is 61.0 Å². The molecule has 0 atom stereocenters. The first-order valence-electron chi connectivity index (χ1n) is 9.04. The first-order chi connectivity index (χ1) is 14.1. The van der Waals surface area contributed by atoms with Crippen LogP contribution in [0.4, 0.5) is 13.2 Å². The van der Waals surface area contributed by atoms with E-state index in [1.807, 2.05) is 26.0 Å². The van der Waals surface area contributed by atoms with Gasteiger partial charge in [-0.3, -0.25) is 0 Å². The molecule has 3 aromatic rings. The lowest BCUT2D eigenvalue weighted by Gasteiger charge is -2.11. The number of benzene rings is 2. The third-order valence-electron chi connectivity index (χ3n) is 4.51. The van der Waals surface area contributed by atoms with Crippen molar-refractivity contribution in [3.05, 3.63) is 79.8 Å². The maximum Gasteiger partial charge on any atom is 0.416 e. The van der Waals surface area contributed by atoms with E-state index in [4.69, 9.17) is 4.42 Å². The predicted molar refractivity (Wildman–Crippen MR) is 116 cm³/mol. The molecule has 0 saturated carbocycles. The highest BCUT2D eigenvalue weighted by Crippen LogP contribution is 2.36. The average Bonchev–Trinajstić information content (AvgIpc) is 2.63. The monoisotopic (exact) mass is 499 g/mol. The predicted octanol–water partition coefficient (Wildman–Crippen LogP) is 5.83. The second kappa shape index (κ2) is 8.89. The summed E-state index contributed by atoms with van der Waals surface area (Å²) >= 11 is 4.24. The molecule has 0 amide bonds. The summed E-state index contributed by atoms with van der Waals surface area (Å²) in [5, 5.41) is 10.5. The van der Waals surface area contributed by atoms with Crippen molar-refractivity contribution in [2.75, 3.05) is 5.75 Å². The summed E-state index contributed by atoms with van der Waals surface area (Å²) in [5.74, 6) is 0.682. The molecule has 158 valence electrons. The SMILES string of the molecule is Cc1cc(C)c(-c2c(O)cc(CC[SH+]c3ccc(C(F)(F)F)cc3)oc2=O)c(Br)c1. The molecule has 30 heavy (non-hydrogen) atoms. The fourth-order valence-corrected chi connectivity index (χ4v) is 4.99. The highest BCUT2D eigenvalue weighted by Gasteiger charge is 2.30. The lowest BCUT2D eigenvalue weighted by atomic mass is 9.99. The number of aromatic hydroxyl groups is 1. The minimum atomic E-state index is -4.36. The van der Waals surface area contributed by atoms with Crippen LogP contribution in [0.25, 0.3) is 11.1 Å². The summed E-state index contributed by atoms with van der Waals surface area (Å²) < 4.78 is 44.0. The lowest BCUT2D eigenvalue weighted by Crippen LogP contribution is -2.08. The molecule has 0 aliphatic heterocycles. The van der Waals surface area contributed by atoms with Gasteiger partial charge in [0.15, 0.2) is 4.90 Å². The van der Waals surface area contributed by atoms with Gasteiger partial charge in [0.2, 0.25) is 0 Å². The van der Waals surface area contributed by atoms with Crippen LogP contribution < -0.4 is 5.63 Å². The van der Waals surface area contributed by atoms with Crippen LogP contribution in [0, 0.1) is 13.8 Å². The summed E-state index contributed by atoms with van der Waals surface area (Å²) in [7, 11) is 0. The highest BCUT2D eigenvalue weighted by molar-refractivity contribution is 9.10. The zero-order valence-electron chi connectivity index (χ0n) is 16.2. The van der Waals surface area contributed by atoms with E-state index in [9.17, 15) is 23.1 Å². The molecular weight excluding hydrogens is 481 g/mol. The molecule has 1 N–H and O–H groups in total. The Hall–Kier alpha value is -2.19. The van der Waals surface area contributed by atoms with Crippen molar-refractivity contribution in [2.45, 2.75) is 31.3 Å². The number of thiol groups is 1. The Morgan fingerprint density at radius 1 is 1.07 bits per heavy atom. The first-order valence-corrected chi connectivity index (χ1v) is 10.9. The molecule has 0 aliphatic carbocycles. The Bertz CT molecular complexity index is 1100. The molecule has 1 heterocycles. The fourth-order valence-electron chi connectivity index (χ4n) is 3.17. The number of rotatable bonds is 5. The van der Waals surface area contributed by atoms with E-state index < -0.39 is 17.4 Å². The zero-order chi connectivity index (χ0) is 22.1. The van der Waals surface area contributed by atoms with E-state index in [0.29, 0.717) is 28.0 Å². The van der Waals surface area contributed by atoms with Gasteiger partial charge in [0.25, 0.3) is 0 Å². The average molecular weight is 500 g/mol. The van der Waals surface area contributed by atoms with Gasteiger partial charge in [-0.25, -0.2) is 4.79 Å². The standard InChI is InChI=1S/C22H18BrF3O3S/c1-12-9-13(2)19(17(23)10-12)20-18(27)11-15(29-21(20)28)7-8-30-16-5-3-14(4-6-16)22(24,25)26/h3-6,9-11,27H,7-8H2,1-2H3/p+1. The topological polar surface area (TPSA) is 50.4 Å².